The van der Waals surface area contributed by atoms with Gasteiger partial charge in [0.05, 0.1) is 17.0 Å². The van der Waals surface area contributed by atoms with Crippen LogP contribution in [0.4, 0.5) is 0 Å². The third kappa shape index (κ3) is 5.18. The Balaban J connectivity index is 1.83. The van der Waals surface area contributed by atoms with E-state index in [2.05, 4.69) is 5.16 Å². The predicted octanol–water partition coefficient (Wildman–Crippen LogP) is 5.64. The Hall–Kier alpha value is -2.63. The number of hydrogen-bond donors (Lipinski definition) is 1. The Bertz CT molecular complexity index is 949. The van der Waals surface area contributed by atoms with E-state index in [1.54, 1.807) is 12.1 Å². The van der Waals surface area contributed by atoms with Crippen LogP contribution in [-0.4, -0.2) is 16.8 Å². The van der Waals surface area contributed by atoms with Crippen molar-refractivity contribution in [3.05, 3.63) is 81.7 Å². The first-order chi connectivity index (χ1) is 13.0. The van der Waals surface area contributed by atoms with Crippen LogP contribution >= 0.6 is 22.9 Å². The van der Waals surface area contributed by atoms with Crippen LogP contribution in [0.1, 0.15) is 22.9 Å². The monoisotopic (exact) mass is 399 g/mol. The molecular formula is C21H18ClNO3S. The molecule has 0 unspecified atom stereocenters. The van der Waals surface area contributed by atoms with E-state index >= 15 is 0 Å². The number of rotatable bonds is 7. The van der Waals surface area contributed by atoms with E-state index in [-0.39, 0.29) is 6.42 Å². The summed E-state index contributed by atoms with van der Waals surface area (Å²) in [6.45, 7) is 2.24. The molecule has 0 radical (unpaired) electrons. The highest BCUT2D eigenvalue weighted by Crippen LogP contribution is 2.34. The topological polar surface area (TPSA) is 58.9 Å². The van der Waals surface area contributed by atoms with Crippen molar-refractivity contribution in [3.8, 4) is 10.4 Å². The quantitative estimate of drug-likeness (QED) is 0.413. The van der Waals surface area contributed by atoms with Crippen LogP contribution in [-0.2, 0) is 22.7 Å². The maximum atomic E-state index is 11.2. The lowest BCUT2D eigenvalue weighted by Crippen LogP contribution is -2.00. The first kappa shape index (κ1) is 19.1. The summed E-state index contributed by atoms with van der Waals surface area (Å²) in [5.74, 6) is -0.871. The van der Waals surface area contributed by atoms with Crippen molar-refractivity contribution in [2.24, 2.45) is 5.16 Å². The van der Waals surface area contributed by atoms with Gasteiger partial charge in [-0.25, -0.2) is 0 Å². The van der Waals surface area contributed by atoms with Gasteiger partial charge < -0.3 is 9.94 Å². The normalized spacial score (nSPS) is 11.4. The van der Waals surface area contributed by atoms with Crippen LogP contribution in [0, 0.1) is 0 Å². The minimum Gasteiger partial charge on any atom is -0.481 e. The fourth-order valence-electron chi connectivity index (χ4n) is 2.57. The van der Waals surface area contributed by atoms with Crippen molar-refractivity contribution in [1.29, 1.82) is 0 Å². The molecule has 0 fully saturated rings. The zero-order valence-corrected chi connectivity index (χ0v) is 16.3. The lowest BCUT2D eigenvalue weighted by molar-refractivity contribution is -0.136. The van der Waals surface area contributed by atoms with Gasteiger partial charge in [-0.1, -0.05) is 59.2 Å². The van der Waals surface area contributed by atoms with Crippen LogP contribution in [0.5, 0.6) is 0 Å². The number of thiophene rings is 1. The van der Waals surface area contributed by atoms with Gasteiger partial charge in [0, 0.05) is 9.90 Å². The van der Waals surface area contributed by atoms with Crippen molar-refractivity contribution < 1.29 is 14.7 Å². The van der Waals surface area contributed by atoms with Crippen LogP contribution in [0.25, 0.3) is 10.4 Å². The fourth-order valence-corrected chi connectivity index (χ4v) is 3.82. The van der Waals surface area contributed by atoms with Gasteiger partial charge in [0.15, 0.2) is 0 Å². The van der Waals surface area contributed by atoms with Crippen molar-refractivity contribution in [3.63, 3.8) is 0 Å². The molecule has 0 amide bonds. The highest BCUT2D eigenvalue weighted by Gasteiger charge is 2.15. The summed E-state index contributed by atoms with van der Waals surface area (Å²) in [7, 11) is 0. The second kappa shape index (κ2) is 8.84. The molecule has 27 heavy (non-hydrogen) atoms. The summed E-state index contributed by atoms with van der Waals surface area (Å²) in [6, 6.07) is 19.0. The molecule has 0 spiro atoms. The standard InChI is InChI=1S/C21H18ClNO3S/c1-14(23-26-13-15-5-3-2-4-6-15)19-11-17(12-20(24)25)21(27-19)16-7-9-18(22)10-8-16/h2-11H,12-13H2,1H3,(H,24,25)/b23-14+. The molecule has 0 aliphatic heterocycles. The van der Waals surface area contributed by atoms with E-state index in [4.69, 9.17) is 16.4 Å². The molecule has 4 nitrogen and oxygen atoms in total. The molecule has 1 aromatic heterocycles. The third-order valence-electron chi connectivity index (χ3n) is 3.89. The van der Waals surface area contributed by atoms with Crippen molar-refractivity contribution in [2.75, 3.05) is 0 Å². The first-order valence-electron chi connectivity index (χ1n) is 8.34. The molecule has 6 heteroatoms. The molecule has 0 saturated heterocycles. The molecule has 3 rings (SSSR count). The number of hydrogen-bond acceptors (Lipinski definition) is 4. The molecule has 1 heterocycles. The summed E-state index contributed by atoms with van der Waals surface area (Å²) < 4.78 is 0. The number of carboxylic acid groups (broad SMARTS) is 1. The van der Waals surface area contributed by atoms with E-state index in [1.165, 1.54) is 11.3 Å². The number of aliphatic carboxylic acids is 1. The summed E-state index contributed by atoms with van der Waals surface area (Å²) >= 11 is 7.46. The summed E-state index contributed by atoms with van der Waals surface area (Å²) in [4.78, 5) is 18.5. The number of benzene rings is 2. The molecular weight excluding hydrogens is 382 g/mol. The average Bonchev–Trinajstić information content (AvgIpc) is 3.06. The Morgan fingerprint density at radius 1 is 1.15 bits per heavy atom. The molecule has 0 atom stereocenters. The summed E-state index contributed by atoms with van der Waals surface area (Å²) in [5.41, 5.74) is 3.43. The van der Waals surface area contributed by atoms with Gasteiger partial charge in [-0.15, -0.1) is 11.3 Å². The molecule has 1 N–H and O–H groups in total. The van der Waals surface area contributed by atoms with E-state index in [1.807, 2.05) is 55.5 Å². The van der Waals surface area contributed by atoms with Gasteiger partial charge in [-0.3, -0.25) is 4.79 Å². The Kier molecular flexibility index (Phi) is 6.27. The van der Waals surface area contributed by atoms with E-state index in [0.717, 1.165) is 26.4 Å². The van der Waals surface area contributed by atoms with Crippen LogP contribution < -0.4 is 0 Å². The van der Waals surface area contributed by atoms with Crippen molar-refractivity contribution >= 4 is 34.6 Å². The number of halogens is 1. The number of oxime groups is 1. The smallest absolute Gasteiger partial charge is 0.307 e. The second-order valence-electron chi connectivity index (χ2n) is 5.98. The minimum absolute atomic E-state index is 0.0490. The van der Waals surface area contributed by atoms with Crippen molar-refractivity contribution in [1.82, 2.24) is 0 Å². The predicted molar refractivity (Wildman–Crippen MR) is 110 cm³/mol. The van der Waals surface area contributed by atoms with Crippen LogP contribution in [0.2, 0.25) is 5.02 Å². The first-order valence-corrected chi connectivity index (χ1v) is 9.53. The molecule has 138 valence electrons. The van der Waals surface area contributed by atoms with Crippen LogP contribution in [0.3, 0.4) is 0 Å². The SMILES string of the molecule is C/C(=N\OCc1ccccc1)c1cc(CC(=O)O)c(-c2ccc(Cl)cc2)s1. The molecule has 0 aliphatic carbocycles. The average molecular weight is 400 g/mol. The van der Waals surface area contributed by atoms with Gasteiger partial charge in [-0.05, 0) is 41.8 Å². The van der Waals surface area contributed by atoms with Gasteiger partial charge in [-0.2, -0.15) is 0 Å². The maximum Gasteiger partial charge on any atom is 0.307 e. The highest BCUT2D eigenvalue weighted by atomic mass is 35.5. The number of carboxylic acids is 1. The molecule has 3 aromatic rings. The van der Waals surface area contributed by atoms with Gasteiger partial charge >= 0.3 is 5.97 Å². The summed E-state index contributed by atoms with van der Waals surface area (Å²) in [6.07, 6.45) is -0.0490. The van der Waals surface area contributed by atoms with E-state index < -0.39 is 5.97 Å². The largest absolute Gasteiger partial charge is 0.481 e. The highest BCUT2D eigenvalue weighted by molar-refractivity contribution is 7.17. The minimum atomic E-state index is -0.871. The number of carbonyl (C=O) groups is 1. The summed E-state index contributed by atoms with van der Waals surface area (Å²) in [5, 5.41) is 14.1. The lowest BCUT2D eigenvalue weighted by Gasteiger charge is -2.02. The molecule has 0 aliphatic rings. The molecule has 2 aromatic carbocycles. The Morgan fingerprint density at radius 2 is 1.85 bits per heavy atom. The van der Waals surface area contributed by atoms with E-state index in [9.17, 15) is 9.90 Å². The zero-order chi connectivity index (χ0) is 19.2. The number of nitrogens with zero attached hydrogens (tertiary/aromatic N) is 1. The third-order valence-corrected chi connectivity index (χ3v) is 5.48. The molecule has 0 bridgehead atoms. The molecule has 0 saturated carbocycles. The van der Waals surface area contributed by atoms with Gasteiger partial charge in [0.2, 0.25) is 0 Å². The van der Waals surface area contributed by atoms with Gasteiger partial charge in [0.1, 0.15) is 6.61 Å². The van der Waals surface area contributed by atoms with Crippen molar-refractivity contribution in [2.45, 2.75) is 20.0 Å². The Labute approximate surface area is 166 Å². The lowest BCUT2D eigenvalue weighted by atomic mass is 10.1. The van der Waals surface area contributed by atoms with Gasteiger partial charge in [0.25, 0.3) is 0 Å². The Morgan fingerprint density at radius 3 is 2.52 bits per heavy atom. The zero-order valence-electron chi connectivity index (χ0n) is 14.7. The second-order valence-corrected chi connectivity index (χ2v) is 7.47. The van der Waals surface area contributed by atoms with Crippen LogP contribution in [0.15, 0.2) is 65.8 Å². The van der Waals surface area contributed by atoms with E-state index in [0.29, 0.717) is 17.3 Å². The maximum absolute atomic E-state index is 11.2. The fraction of sp³-hybridized carbons (Fsp3) is 0.143.